The first-order valence-electron chi connectivity index (χ1n) is 9.89. The van der Waals surface area contributed by atoms with Gasteiger partial charge in [-0.1, -0.05) is 24.3 Å². The van der Waals surface area contributed by atoms with E-state index < -0.39 is 15.1 Å². The average Bonchev–Trinajstić information content (AvgIpc) is 3.29. The third kappa shape index (κ3) is 4.10. The van der Waals surface area contributed by atoms with Gasteiger partial charge >= 0.3 is 0 Å². The fourth-order valence-electron chi connectivity index (χ4n) is 3.05. The Morgan fingerprint density at radius 2 is 1.72 bits per heavy atom. The van der Waals surface area contributed by atoms with Crippen LogP contribution in [0, 0.1) is 0 Å². The number of anilines is 1. The Morgan fingerprint density at radius 1 is 1.00 bits per heavy atom. The molecule has 0 aliphatic carbocycles. The van der Waals surface area contributed by atoms with Crippen molar-refractivity contribution in [2.75, 3.05) is 5.73 Å². The van der Waals surface area contributed by atoms with E-state index in [4.69, 9.17) is 15.9 Å². The summed E-state index contributed by atoms with van der Waals surface area (Å²) in [5.41, 5.74) is 14.8. The fourth-order valence-corrected chi connectivity index (χ4v) is 4.11. The summed E-state index contributed by atoms with van der Waals surface area (Å²) in [6.45, 7) is 3.68. The van der Waals surface area contributed by atoms with Gasteiger partial charge in [0.2, 0.25) is 5.89 Å². The van der Waals surface area contributed by atoms with Crippen molar-refractivity contribution in [2.45, 2.75) is 30.5 Å². The molecule has 0 saturated heterocycles. The highest BCUT2D eigenvalue weighted by molar-refractivity contribution is 7.92. The van der Waals surface area contributed by atoms with Gasteiger partial charge < -0.3 is 15.9 Å². The van der Waals surface area contributed by atoms with Crippen LogP contribution in [-0.4, -0.2) is 33.8 Å². The van der Waals surface area contributed by atoms with E-state index in [1.54, 1.807) is 38.1 Å². The lowest BCUT2D eigenvalue weighted by atomic mass is 10.1. The maximum atomic E-state index is 12.3. The van der Waals surface area contributed by atoms with Crippen molar-refractivity contribution in [3.8, 4) is 34.3 Å². The molecule has 4 aromatic rings. The van der Waals surface area contributed by atoms with Crippen LogP contribution in [0.3, 0.4) is 0 Å². The molecular weight excluding hydrogens is 428 g/mol. The largest absolute Gasteiger partial charge is 0.414 e. The van der Waals surface area contributed by atoms with Gasteiger partial charge in [-0.3, -0.25) is 0 Å². The molecule has 9 nitrogen and oxygen atoms in total. The van der Waals surface area contributed by atoms with Crippen LogP contribution >= 0.6 is 0 Å². The monoisotopic (exact) mass is 450 g/mol. The van der Waals surface area contributed by atoms with Crippen molar-refractivity contribution < 1.29 is 12.8 Å². The molecule has 10 heteroatoms. The minimum atomic E-state index is -3.36. The highest BCUT2D eigenvalue weighted by Gasteiger charge is 2.20. The Kier molecular flexibility index (Phi) is 5.72. The molecule has 2 aromatic heterocycles. The SMILES string of the molecule is CC(C)S(=O)(=O)c1ccc(-c2cnc(N)c(-c3nnc(-c4cccc(CN)c4)o3)n2)cc1. The quantitative estimate of drug-likeness (QED) is 0.451. The summed E-state index contributed by atoms with van der Waals surface area (Å²) in [5.74, 6) is 0.577. The molecule has 4 rings (SSSR count). The van der Waals surface area contributed by atoms with E-state index in [2.05, 4.69) is 20.2 Å². The van der Waals surface area contributed by atoms with Gasteiger partial charge in [-0.05, 0) is 43.7 Å². The summed E-state index contributed by atoms with van der Waals surface area (Å²) >= 11 is 0. The van der Waals surface area contributed by atoms with E-state index in [0.29, 0.717) is 23.7 Å². The van der Waals surface area contributed by atoms with Crippen LogP contribution in [0.2, 0.25) is 0 Å². The molecule has 32 heavy (non-hydrogen) atoms. The van der Waals surface area contributed by atoms with Crippen LogP contribution < -0.4 is 11.5 Å². The van der Waals surface area contributed by atoms with Crippen LogP contribution in [0.1, 0.15) is 19.4 Å². The molecule has 0 unspecified atom stereocenters. The molecule has 0 fully saturated rings. The van der Waals surface area contributed by atoms with E-state index in [0.717, 1.165) is 11.1 Å². The number of nitrogen functional groups attached to an aromatic ring is 1. The van der Waals surface area contributed by atoms with Crippen molar-refractivity contribution in [2.24, 2.45) is 5.73 Å². The zero-order valence-electron chi connectivity index (χ0n) is 17.6. The number of nitrogens with zero attached hydrogens (tertiary/aromatic N) is 4. The maximum absolute atomic E-state index is 12.3. The molecule has 2 aromatic carbocycles. The molecule has 164 valence electrons. The molecule has 0 saturated carbocycles. The molecule has 4 N–H and O–H groups in total. The van der Waals surface area contributed by atoms with Gasteiger partial charge in [0, 0.05) is 17.7 Å². The number of hydrogen-bond acceptors (Lipinski definition) is 9. The second-order valence-electron chi connectivity index (χ2n) is 7.42. The van der Waals surface area contributed by atoms with E-state index in [9.17, 15) is 8.42 Å². The van der Waals surface area contributed by atoms with Crippen molar-refractivity contribution >= 4 is 15.7 Å². The van der Waals surface area contributed by atoms with E-state index in [-0.39, 0.29) is 22.3 Å². The minimum Gasteiger partial charge on any atom is -0.414 e. The predicted octanol–water partition coefficient (Wildman–Crippen LogP) is 3.08. The number of nitrogens with two attached hydrogens (primary N) is 2. The standard InChI is InChI=1S/C22H22N6O3S/c1-13(2)32(29,30)17-8-6-15(7-9-17)18-12-25-20(24)19(26-18)22-28-27-21(31-22)16-5-3-4-14(10-16)11-23/h3-10,12-13H,11,23H2,1-2H3,(H2,24,25). The summed E-state index contributed by atoms with van der Waals surface area (Å²) in [4.78, 5) is 8.97. The fraction of sp³-hybridized carbons (Fsp3) is 0.182. The first-order valence-corrected chi connectivity index (χ1v) is 11.4. The van der Waals surface area contributed by atoms with Gasteiger partial charge in [0.25, 0.3) is 5.89 Å². The molecule has 0 amide bonds. The third-order valence-electron chi connectivity index (χ3n) is 4.94. The summed E-state index contributed by atoms with van der Waals surface area (Å²) < 4.78 is 30.5. The van der Waals surface area contributed by atoms with Crippen molar-refractivity contribution in [1.82, 2.24) is 20.2 Å². The maximum Gasteiger partial charge on any atom is 0.270 e. The van der Waals surface area contributed by atoms with Gasteiger partial charge in [0.15, 0.2) is 21.3 Å². The van der Waals surface area contributed by atoms with Gasteiger partial charge in [-0.25, -0.2) is 18.4 Å². The lowest BCUT2D eigenvalue weighted by Gasteiger charge is -2.09. The highest BCUT2D eigenvalue weighted by Crippen LogP contribution is 2.29. The van der Waals surface area contributed by atoms with Gasteiger partial charge in [-0.2, -0.15) is 0 Å². The number of rotatable bonds is 6. The molecule has 0 spiro atoms. The van der Waals surface area contributed by atoms with Crippen LogP contribution in [0.25, 0.3) is 34.3 Å². The lowest BCUT2D eigenvalue weighted by molar-refractivity contribution is 0.582. The first-order chi connectivity index (χ1) is 15.3. The van der Waals surface area contributed by atoms with E-state index in [1.165, 1.54) is 6.20 Å². The van der Waals surface area contributed by atoms with Gasteiger partial charge in [0.05, 0.1) is 22.0 Å². The van der Waals surface area contributed by atoms with Crippen LogP contribution in [-0.2, 0) is 16.4 Å². The van der Waals surface area contributed by atoms with Crippen molar-refractivity contribution in [3.05, 3.63) is 60.3 Å². The van der Waals surface area contributed by atoms with Crippen molar-refractivity contribution in [1.29, 1.82) is 0 Å². The smallest absolute Gasteiger partial charge is 0.270 e. The minimum absolute atomic E-state index is 0.129. The van der Waals surface area contributed by atoms with Crippen LogP contribution in [0.5, 0.6) is 0 Å². The highest BCUT2D eigenvalue weighted by atomic mass is 32.2. The Hall–Kier alpha value is -3.63. The predicted molar refractivity (Wildman–Crippen MR) is 121 cm³/mol. The summed E-state index contributed by atoms with van der Waals surface area (Å²) in [6.07, 6.45) is 1.51. The molecule has 0 aliphatic rings. The molecule has 0 radical (unpaired) electrons. The second kappa shape index (κ2) is 8.48. The lowest BCUT2D eigenvalue weighted by Crippen LogP contribution is -2.13. The van der Waals surface area contributed by atoms with Crippen LogP contribution in [0.15, 0.2) is 64.0 Å². The van der Waals surface area contributed by atoms with Gasteiger partial charge in [-0.15, -0.1) is 10.2 Å². The number of hydrogen-bond donors (Lipinski definition) is 2. The van der Waals surface area contributed by atoms with E-state index >= 15 is 0 Å². The zero-order valence-corrected chi connectivity index (χ0v) is 18.4. The molecule has 0 aliphatic heterocycles. The number of benzene rings is 2. The summed E-state index contributed by atoms with van der Waals surface area (Å²) in [6, 6.07) is 13.9. The first kappa shape index (κ1) is 21.6. The Bertz CT molecular complexity index is 1360. The topological polar surface area (TPSA) is 151 Å². The summed E-state index contributed by atoms with van der Waals surface area (Å²) in [7, 11) is -3.36. The Balaban J connectivity index is 1.68. The average molecular weight is 451 g/mol. The molecular formula is C22H22N6O3S. The van der Waals surface area contributed by atoms with Crippen molar-refractivity contribution in [3.63, 3.8) is 0 Å². The van der Waals surface area contributed by atoms with E-state index in [1.807, 2.05) is 24.3 Å². The summed E-state index contributed by atoms with van der Waals surface area (Å²) in [5, 5.41) is 7.65. The Morgan fingerprint density at radius 3 is 2.41 bits per heavy atom. The molecule has 0 atom stereocenters. The van der Waals surface area contributed by atoms with Gasteiger partial charge in [0.1, 0.15) is 0 Å². The normalized spacial score (nSPS) is 11.8. The van der Waals surface area contributed by atoms with Crippen LogP contribution in [0.4, 0.5) is 5.82 Å². The second-order valence-corrected chi connectivity index (χ2v) is 9.93. The third-order valence-corrected chi connectivity index (χ3v) is 7.11. The molecule has 2 heterocycles. The molecule has 0 bridgehead atoms. The zero-order chi connectivity index (χ0) is 22.9. The number of aromatic nitrogens is 4. The Labute approximate surface area is 185 Å². The number of sulfone groups is 1.